The van der Waals surface area contributed by atoms with E-state index in [1.165, 1.54) is 5.56 Å². The standard InChI is InChI=1S/C29H31NO4/c1-29(2,3)20-14-12-19(13-15-20)16-21(17-27(31)32)30-28(33)34-18-26-24-10-6-4-8-22(24)23-9-5-7-11-25(23)26/h4-15,21,26H,16-18H2,1-3H3,(H,30,33)(H,31,32)/p-1/t21-/m1/s1. The normalized spacial score (nSPS) is 13.6. The molecule has 0 aliphatic heterocycles. The van der Waals surface area contributed by atoms with Crippen molar-refractivity contribution in [3.05, 3.63) is 95.1 Å². The lowest BCUT2D eigenvalue weighted by Crippen LogP contribution is -2.41. The van der Waals surface area contributed by atoms with Gasteiger partial charge in [-0.15, -0.1) is 0 Å². The molecule has 3 aromatic rings. The number of carboxylic acids is 1. The quantitative estimate of drug-likeness (QED) is 0.565. The Morgan fingerprint density at radius 3 is 2.00 bits per heavy atom. The highest BCUT2D eigenvalue weighted by atomic mass is 16.5. The van der Waals surface area contributed by atoms with Gasteiger partial charge in [-0.25, -0.2) is 4.79 Å². The van der Waals surface area contributed by atoms with E-state index in [0.29, 0.717) is 6.42 Å². The number of benzene rings is 3. The molecule has 5 nitrogen and oxygen atoms in total. The lowest BCUT2D eigenvalue weighted by atomic mass is 9.86. The Morgan fingerprint density at radius 2 is 1.47 bits per heavy atom. The van der Waals surface area contributed by atoms with E-state index in [9.17, 15) is 14.7 Å². The molecule has 1 N–H and O–H groups in total. The molecule has 0 saturated carbocycles. The number of carboxylic acid groups (broad SMARTS) is 1. The second-order valence-electron chi connectivity index (χ2n) is 9.89. The highest BCUT2D eigenvalue weighted by Gasteiger charge is 2.29. The largest absolute Gasteiger partial charge is 0.550 e. The summed E-state index contributed by atoms with van der Waals surface area (Å²) in [4.78, 5) is 24.0. The molecule has 0 aromatic heterocycles. The number of amides is 1. The summed E-state index contributed by atoms with van der Waals surface area (Å²) in [6.45, 7) is 6.59. The third-order valence-electron chi connectivity index (χ3n) is 6.38. The summed E-state index contributed by atoms with van der Waals surface area (Å²) < 4.78 is 5.59. The van der Waals surface area contributed by atoms with Gasteiger partial charge in [0.2, 0.25) is 0 Å². The van der Waals surface area contributed by atoms with E-state index >= 15 is 0 Å². The Labute approximate surface area is 200 Å². The Bertz CT molecular complexity index is 1130. The summed E-state index contributed by atoms with van der Waals surface area (Å²) in [6.07, 6.45) is -0.534. The maximum Gasteiger partial charge on any atom is 0.407 e. The summed E-state index contributed by atoms with van der Waals surface area (Å²) in [7, 11) is 0. The lowest BCUT2D eigenvalue weighted by Gasteiger charge is -2.22. The van der Waals surface area contributed by atoms with Crippen molar-refractivity contribution < 1.29 is 19.4 Å². The molecule has 0 spiro atoms. The van der Waals surface area contributed by atoms with Gasteiger partial charge in [0.15, 0.2) is 0 Å². The number of carbonyl (C=O) groups is 2. The average Bonchev–Trinajstić information content (AvgIpc) is 3.11. The first-order chi connectivity index (χ1) is 16.2. The van der Waals surface area contributed by atoms with Crippen LogP contribution in [0.1, 0.15) is 55.4 Å². The summed E-state index contributed by atoms with van der Waals surface area (Å²) in [5, 5.41) is 14.0. The zero-order chi connectivity index (χ0) is 24.3. The van der Waals surface area contributed by atoms with Crippen molar-refractivity contribution >= 4 is 12.1 Å². The van der Waals surface area contributed by atoms with Crippen molar-refractivity contribution in [3.8, 4) is 11.1 Å². The number of nitrogens with one attached hydrogen (secondary N) is 1. The van der Waals surface area contributed by atoms with E-state index in [-0.39, 0.29) is 24.4 Å². The first kappa shape index (κ1) is 23.6. The Balaban J connectivity index is 1.41. The summed E-state index contributed by atoms with van der Waals surface area (Å²) >= 11 is 0. The first-order valence-electron chi connectivity index (χ1n) is 11.6. The van der Waals surface area contributed by atoms with Crippen molar-refractivity contribution in [2.45, 2.75) is 51.0 Å². The van der Waals surface area contributed by atoms with Crippen LogP contribution < -0.4 is 10.4 Å². The van der Waals surface area contributed by atoms with Crippen LogP contribution in [0.3, 0.4) is 0 Å². The third-order valence-corrected chi connectivity index (χ3v) is 6.38. The van der Waals surface area contributed by atoms with Gasteiger partial charge in [0, 0.05) is 24.3 Å². The molecule has 1 atom stereocenters. The van der Waals surface area contributed by atoms with Crippen LogP contribution in [0.25, 0.3) is 11.1 Å². The summed E-state index contributed by atoms with van der Waals surface area (Å²) in [6, 6.07) is 23.7. The van der Waals surface area contributed by atoms with Crippen LogP contribution in [0.5, 0.6) is 0 Å². The van der Waals surface area contributed by atoms with Crippen molar-refractivity contribution in [2.24, 2.45) is 0 Å². The van der Waals surface area contributed by atoms with E-state index in [1.54, 1.807) is 0 Å². The Morgan fingerprint density at radius 1 is 0.912 bits per heavy atom. The predicted molar refractivity (Wildman–Crippen MR) is 130 cm³/mol. The van der Waals surface area contributed by atoms with Crippen LogP contribution in [0.15, 0.2) is 72.8 Å². The SMILES string of the molecule is CC(C)(C)c1ccc(C[C@H](CC(=O)[O-])NC(=O)OCC2c3ccccc3-c3ccccc32)cc1. The minimum atomic E-state index is -1.21. The van der Waals surface area contributed by atoms with Gasteiger partial charge in [0.25, 0.3) is 0 Å². The number of alkyl carbamates (subject to hydrolysis) is 1. The van der Waals surface area contributed by atoms with Crippen LogP contribution in [-0.4, -0.2) is 24.7 Å². The van der Waals surface area contributed by atoms with Crippen LogP contribution in [-0.2, 0) is 21.4 Å². The smallest absolute Gasteiger partial charge is 0.407 e. The Kier molecular flexibility index (Phi) is 6.73. The number of aliphatic carboxylic acids is 1. The number of fused-ring (bicyclic) bond motifs is 3. The summed E-state index contributed by atoms with van der Waals surface area (Å²) in [5.41, 5.74) is 6.72. The number of hydrogen-bond acceptors (Lipinski definition) is 4. The molecule has 0 bridgehead atoms. The monoisotopic (exact) mass is 456 g/mol. The van der Waals surface area contributed by atoms with Crippen LogP contribution in [0.4, 0.5) is 4.79 Å². The molecule has 0 fully saturated rings. The molecule has 4 rings (SSSR count). The molecule has 1 aliphatic rings. The molecule has 0 saturated heterocycles. The maximum atomic E-state index is 12.6. The zero-order valence-corrected chi connectivity index (χ0v) is 19.8. The highest BCUT2D eigenvalue weighted by molar-refractivity contribution is 5.79. The molecular formula is C29H30NO4-. The minimum absolute atomic E-state index is 0.0302. The van der Waals surface area contributed by atoms with Crippen LogP contribution in [0, 0.1) is 0 Å². The van der Waals surface area contributed by atoms with Gasteiger partial charge in [-0.1, -0.05) is 93.6 Å². The van der Waals surface area contributed by atoms with Crippen molar-refractivity contribution in [2.75, 3.05) is 6.61 Å². The minimum Gasteiger partial charge on any atom is -0.550 e. The van der Waals surface area contributed by atoms with Crippen molar-refractivity contribution in [3.63, 3.8) is 0 Å². The van der Waals surface area contributed by atoms with Gasteiger partial charge in [0.05, 0.1) is 0 Å². The number of ether oxygens (including phenoxy) is 1. The second-order valence-corrected chi connectivity index (χ2v) is 9.89. The van der Waals surface area contributed by atoms with Crippen molar-refractivity contribution in [1.29, 1.82) is 0 Å². The highest BCUT2D eigenvalue weighted by Crippen LogP contribution is 2.44. The fourth-order valence-electron chi connectivity index (χ4n) is 4.61. The fourth-order valence-corrected chi connectivity index (χ4v) is 4.61. The van der Waals surface area contributed by atoms with E-state index in [1.807, 2.05) is 48.5 Å². The summed E-state index contributed by atoms with van der Waals surface area (Å²) in [5.74, 6) is -1.27. The molecule has 34 heavy (non-hydrogen) atoms. The van der Waals surface area contributed by atoms with Gasteiger partial charge in [-0.3, -0.25) is 0 Å². The molecule has 1 amide bonds. The zero-order valence-electron chi connectivity index (χ0n) is 19.8. The molecule has 3 aromatic carbocycles. The van der Waals surface area contributed by atoms with Gasteiger partial charge in [0.1, 0.15) is 6.61 Å². The van der Waals surface area contributed by atoms with Gasteiger partial charge in [-0.05, 0) is 45.2 Å². The number of rotatable bonds is 7. The fraction of sp³-hybridized carbons (Fsp3) is 0.310. The predicted octanol–water partition coefficient (Wildman–Crippen LogP) is 4.57. The third kappa shape index (κ3) is 5.30. The molecule has 5 heteroatoms. The van der Waals surface area contributed by atoms with Gasteiger partial charge < -0.3 is 20.0 Å². The van der Waals surface area contributed by atoms with Gasteiger partial charge in [-0.2, -0.15) is 0 Å². The lowest BCUT2D eigenvalue weighted by molar-refractivity contribution is -0.306. The van der Waals surface area contributed by atoms with E-state index in [0.717, 1.165) is 27.8 Å². The topological polar surface area (TPSA) is 78.5 Å². The molecule has 0 unspecified atom stereocenters. The second kappa shape index (κ2) is 9.72. The average molecular weight is 457 g/mol. The molecule has 0 radical (unpaired) electrons. The van der Waals surface area contributed by atoms with E-state index < -0.39 is 18.1 Å². The first-order valence-corrected chi connectivity index (χ1v) is 11.6. The number of hydrogen-bond donors (Lipinski definition) is 1. The Hall–Kier alpha value is -3.60. The molecule has 176 valence electrons. The van der Waals surface area contributed by atoms with E-state index in [4.69, 9.17) is 4.74 Å². The van der Waals surface area contributed by atoms with Crippen LogP contribution >= 0.6 is 0 Å². The maximum absolute atomic E-state index is 12.6. The molecule has 1 aliphatic carbocycles. The van der Waals surface area contributed by atoms with E-state index in [2.05, 4.69) is 50.4 Å². The number of carbonyl (C=O) groups excluding carboxylic acids is 2. The van der Waals surface area contributed by atoms with Crippen molar-refractivity contribution in [1.82, 2.24) is 5.32 Å². The molecule has 0 heterocycles. The molecular weight excluding hydrogens is 426 g/mol. The van der Waals surface area contributed by atoms with Crippen LogP contribution in [0.2, 0.25) is 0 Å². The van der Waals surface area contributed by atoms with Gasteiger partial charge >= 0.3 is 6.09 Å².